The van der Waals surface area contributed by atoms with Gasteiger partial charge in [-0.1, -0.05) is 11.3 Å². The van der Waals surface area contributed by atoms with E-state index in [1.165, 1.54) is 18.5 Å². The van der Waals surface area contributed by atoms with Gasteiger partial charge in [0, 0.05) is 76.2 Å². The van der Waals surface area contributed by atoms with Crippen molar-refractivity contribution in [3.8, 4) is 0 Å². The lowest BCUT2D eigenvalue weighted by Crippen LogP contribution is -2.47. The van der Waals surface area contributed by atoms with Crippen molar-refractivity contribution in [1.82, 2.24) is 34.3 Å². The van der Waals surface area contributed by atoms with Crippen molar-refractivity contribution >= 4 is 0 Å². The van der Waals surface area contributed by atoms with E-state index < -0.39 is 0 Å². The van der Waals surface area contributed by atoms with Gasteiger partial charge >= 0.3 is 0 Å². The van der Waals surface area contributed by atoms with E-state index in [2.05, 4.69) is 48.8 Å². The zero-order valence-corrected chi connectivity index (χ0v) is 18.2. The van der Waals surface area contributed by atoms with Crippen molar-refractivity contribution in [1.29, 1.82) is 0 Å². The second-order valence-electron chi connectivity index (χ2n) is 9.51. The number of pyridine rings is 1. The second kappa shape index (κ2) is 8.24. The number of aromatic nitrogens is 4. The molecular weight excluding hydrogens is 378 g/mol. The van der Waals surface area contributed by atoms with Crippen LogP contribution in [0.5, 0.6) is 0 Å². The van der Waals surface area contributed by atoms with Crippen LogP contribution in [0.25, 0.3) is 0 Å². The summed E-state index contributed by atoms with van der Waals surface area (Å²) in [5.41, 5.74) is 3.44. The van der Waals surface area contributed by atoms with E-state index in [1.54, 1.807) is 4.68 Å². The molecule has 0 spiro atoms. The Hall–Kier alpha value is -2.03. The third kappa shape index (κ3) is 4.08. The van der Waals surface area contributed by atoms with Gasteiger partial charge in [-0.15, -0.1) is 5.10 Å². The molecule has 0 radical (unpaired) electrons. The molecule has 0 aliphatic carbocycles. The Morgan fingerprint density at radius 2 is 1.90 bits per heavy atom. The molecule has 2 fully saturated rings. The zero-order valence-electron chi connectivity index (χ0n) is 18.2. The van der Waals surface area contributed by atoms with Gasteiger partial charge in [-0.3, -0.25) is 19.3 Å². The van der Waals surface area contributed by atoms with E-state index in [0.717, 1.165) is 70.2 Å². The van der Waals surface area contributed by atoms with E-state index in [4.69, 9.17) is 0 Å². The number of piperidine rings is 1. The van der Waals surface area contributed by atoms with Gasteiger partial charge in [-0.25, -0.2) is 0 Å². The minimum atomic E-state index is 0.238. The highest BCUT2D eigenvalue weighted by Crippen LogP contribution is 2.35. The van der Waals surface area contributed by atoms with E-state index in [0.29, 0.717) is 11.8 Å². The van der Waals surface area contributed by atoms with Crippen LogP contribution < -0.4 is 5.56 Å². The maximum Gasteiger partial charge on any atom is 0.255 e. The number of likely N-dealkylation sites (N-methyl/N-ethyl adjacent to an activating group) is 1. The Bertz CT molecular complexity index is 951. The summed E-state index contributed by atoms with van der Waals surface area (Å²) in [5, 5.41) is 8.31. The predicted molar refractivity (Wildman–Crippen MR) is 115 cm³/mol. The van der Waals surface area contributed by atoms with Gasteiger partial charge in [-0.05, 0) is 45.0 Å². The van der Waals surface area contributed by atoms with Gasteiger partial charge in [-0.2, -0.15) is 0 Å². The molecular formula is C22H33N7O. The summed E-state index contributed by atoms with van der Waals surface area (Å²) in [6.07, 6.45) is 4.36. The molecule has 2 saturated heterocycles. The first-order chi connectivity index (χ1) is 14.5. The summed E-state index contributed by atoms with van der Waals surface area (Å²) < 4.78 is 3.86. The van der Waals surface area contributed by atoms with Crippen molar-refractivity contribution < 1.29 is 0 Å². The molecule has 5 heterocycles. The summed E-state index contributed by atoms with van der Waals surface area (Å²) in [4.78, 5) is 20.6. The molecule has 0 aromatic carbocycles. The fourth-order valence-corrected chi connectivity index (χ4v) is 5.54. The average Bonchev–Trinajstić information content (AvgIpc) is 3.01. The fraction of sp³-hybridized carbons (Fsp3) is 0.682. The zero-order chi connectivity index (χ0) is 20.7. The lowest BCUT2D eigenvalue weighted by molar-refractivity contribution is 0.113. The Morgan fingerprint density at radius 1 is 1.00 bits per heavy atom. The standard InChI is InChI=1S/C22H33N7O/c1-25-6-3-7-27(9-8-25)13-18-4-5-21-19-10-17(12-29(21)22(18)30)11-28(14-19)16-20-15-26(2)24-23-20/h4-5,15,17,19H,3,6-14,16H2,1-2H3/t17-,19+/m0/s1. The number of likely N-dealkylation sites (tertiary alicyclic amines) is 1. The van der Waals surface area contributed by atoms with Gasteiger partial charge in [0.15, 0.2) is 0 Å². The maximum atomic E-state index is 13.3. The van der Waals surface area contributed by atoms with E-state index in [1.807, 2.05) is 13.2 Å². The molecule has 8 nitrogen and oxygen atoms in total. The Labute approximate surface area is 178 Å². The Morgan fingerprint density at radius 3 is 2.73 bits per heavy atom. The quantitative estimate of drug-likeness (QED) is 0.739. The Balaban J connectivity index is 1.31. The second-order valence-corrected chi connectivity index (χ2v) is 9.51. The number of fused-ring (bicyclic) bond motifs is 4. The van der Waals surface area contributed by atoms with Gasteiger partial charge in [0.05, 0.1) is 5.69 Å². The molecule has 5 rings (SSSR count). The number of aryl methyl sites for hydroxylation is 1. The molecule has 30 heavy (non-hydrogen) atoms. The van der Waals surface area contributed by atoms with Crippen LogP contribution in [-0.4, -0.2) is 80.6 Å². The van der Waals surface area contributed by atoms with Gasteiger partial charge in [0.25, 0.3) is 5.56 Å². The largest absolute Gasteiger partial charge is 0.312 e. The molecule has 0 unspecified atom stereocenters. The van der Waals surface area contributed by atoms with Crippen LogP contribution in [0.1, 0.15) is 35.7 Å². The van der Waals surface area contributed by atoms with Gasteiger partial charge in [0.2, 0.25) is 0 Å². The molecule has 0 amide bonds. The van der Waals surface area contributed by atoms with Crippen LogP contribution in [0.2, 0.25) is 0 Å². The lowest BCUT2D eigenvalue weighted by Gasteiger charge is -2.42. The molecule has 2 atom stereocenters. The summed E-state index contributed by atoms with van der Waals surface area (Å²) in [6, 6.07) is 4.33. The van der Waals surface area contributed by atoms with Crippen molar-refractivity contribution in [2.45, 2.75) is 38.4 Å². The molecule has 2 aromatic rings. The Kier molecular flexibility index (Phi) is 5.47. The van der Waals surface area contributed by atoms with Gasteiger partial charge < -0.3 is 9.47 Å². The van der Waals surface area contributed by atoms with Crippen LogP contribution in [0, 0.1) is 5.92 Å². The molecule has 8 heteroatoms. The van der Waals surface area contributed by atoms with Crippen LogP contribution in [0.15, 0.2) is 23.1 Å². The predicted octanol–water partition coefficient (Wildman–Crippen LogP) is 0.734. The first-order valence-corrected chi connectivity index (χ1v) is 11.3. The topological polar surface area (TPSA) is 62.4 Å². The molecule has 0 N–H and O–H groups in total. The SMILES string of the molecule is CN1CCCN(Cc2ccc3n(c2=O)C[C@H]2C[C@@H]3CN(Cc3cn(C)nn3)C2)CC1. The summed E-state index contributed by atoms with van der Waals surface area (Å²) in [5.74, 6) is 0.968. The van der Waals surface area contributed by atoms with Crippen molar-refractivity contribution in [3.05, 3.63) is 45.6 Å². The third-order valence-corrected chi connectivity index (χ3v) is 7.00. The molecule has 3 aliphatic rings. The minimum absolute atomic E-state index is 0.238. The highest BCUT2D eigenvalue weighted by molar-refractivity contribution is 5.22. The molecule has 162 valence electrons. The smallest absolute Gasteiger partial charge is 0.255 e. The average molecular weight is 412 g/mol. The normalized spacial score (nSPS) is 25.8. The van der Waals surface area contributed by atoms with E-state index in [9.17, 15) is 4.79 Å². The summed E-state index contributed by atoms with van der Waals surface area (Å²) >= 11 is 0. The fourth-order valence-electron chi connectivity index (χ4n) is 5.54. The highest BCUT2D eigenvalue weighted by atomic mass is 16.1. The van der Waals surface area contributed by atoms with Crippen molar-refractivity contribution in [3.63, 3.8) is 0 Å². The molecule has 2 aromatic heterocycles. The highest BCUT2D eigenvalue weighted by Gasteiger charge is 2.35. The number of hydrogen-bond acceptors (Lipinski definition) is 6. The number of hydrogen-bond donors (Lipinski definition) is 0. The third-order valence-electron chi connectivity index (χ3n) is 7.00. The van der Waals surface area contributed by atoms with Crippen LogP contribution in [0.3, 0.4) is 0 Å². The van der Waals surface area contributed by atoms with E-state index in [-0.39, 0.29) is 5.56 Å². The van der Waals surface area contributed by atoms with Crippen LogP contribution >= 0.6 is 0 Å². The summed E-state index contributed by atoms with van der Waals surface area (Å²) in [7, 11) is 4.09. The first kappa shape index (κ1) is 19.9. The maximum absolute atomic E-state index is 13.3. The van der Waals surface area contributed by atoms with Crippen LogP contribution in [0.4, 0.5) is 0 Å². The monoisotopic (exact) mass is 411 g/mol. The van der Waals surface area contributed by atoms with Crippen molar-refractivity contribution in [2.75, 3.05) is 46.3 Å². The first-order valence-electron chi connectivity index (χ1n) is 11.3. The number of nitrogens with zero attached hydrogens (tertiary/aromatic N) is 7. The molecule has 0 saturated carbocycles. The van der Waals surface area contributed by atoms with Gasteiger partial charge in [0.1, 0.15) is 0 Å². The lowest BCUT2D eigenvalue weighted by atomic mass is 9.83. The summed E-state index contributed by atoms with van der Waals surface area (Å²) in [6.45, 7) is 8.83. The molecule has 2 bridgehead atoms. The minimum Gasteiger partial charge on any atom is -0.312 e. The molecule has 3 aliphatic heterocycles. The number of rotatable bonds is 4. The van der Waals surface area contributed by atoms with E-state index >= 15 is 0 Å². The van der Waals surface area contributed by atoms with Crippen LogP contribution in [-0.2, 0) is 26.7 Å². The van der Waals surface area contributed by atoms with Crippen molar-refractivity contribution in [2.24, 2.45) is 13.0 Å².